The Balaban J connectivity index is 2.08. The first-order valence-electron chi connectivity index (χ1n) is 5.56. The fourth-order valence-electron chi connectivity index (χ4n) is 1.53. The van der Waals surface area contributed by atoms with E-state index in [9.17, 15) is 9.00 Å². The molecule has 0 aromatic heterocycles. The van der Waals surface area contributed by atoms with Crippen molar-refractivity contribution in [1.29, 1.82) is 0 Å². The van der Waals surface area contributed by atoms with E-state index in [1.807, 2.05) is 0 Å². The Morgan fingerprint density at radius 2 is 1.37 bits per heavy atom. The van der Waals surface area contributed by atoms with E-state index in [-0.39, 0.29) is 23.0 Å². The molecule has 1 atom stereocenters. The molecule has 0 saturated heterocycles. The maximum atomic E-state index is 12.0. The number of hydrogen-bond acceptors (Lipinski definition) is 4. The molecule has 4 nitrogen and oxygen atoms in total. The largest absolute Gasteiger partial charge is 0.508 e. The zero-order valence-corrected chi connectivity index (χ0v) is 10.8. The van der Waals surface area contributed by atoms with E-state index in [0.717, 1.165) is 0 Å². The Morgan fingerprint density at radius 3 is 1.89 bits per heavy atom. The molecule has 5 heteroatoms. The highest BCUT2D eigenvalue weighted by Crippen LogP contribution is 2.15. The second kappa shape index (κ2) is 5.67. The number of benzene rings is 2. The summed E-state index contributed by atoms with van der Waals surface area (Å²) in [6.07, 6.45) is 0. The Hall–Kier alpha value is -2.14. The smallest absolute Gasteiger partial charge is 0.175 e. The normalized spacial score (nSPS) is 12.0. The van der Waals surface area contributed by atoms with Gasteiger partial charge in [-0.25, -0.2) is 0 Å². The highest BCUT2D eigenvalue weighted by molar-refractivity contribution is 7.85. The molecule has 0 fully saturated rings. The number of carbonyl (C=O) groups is 1. The molecule has 0 saturated carbocycles. The van der Waals surface area contributed by atoms with Crippen molar-refractivity contribution >= 4 is 16.6 Å². The van der Waals surface area contributed by atoms with Crippen LogP contribution in [0.5, 0.6) is 11.5 Å². The minimum Gasteiger partial charge on any atom is -0.508 e. The van der Waals surface area contributed by atoms with Gasteiger partial charge in [0.1, 0.15) is 11.5 Å². The summed E-state index contributed by atoms with van der Waals surface area (Å²) in [5.74, 6) is -0.219. The molecule has 98 valence electrons. The lowest BCUT2D eigenvalue weighted by Crippen LogP contribution is -2.10. The van der Waals surface area contributed by atoms with Crippen molar-refractivity contribution in [3.05, 3.63) is 54.1 Å². The van der Waals surface area contributed by atoms with Crippen molar-refractivity contribution in [2.75, 3.05) is 5.75 Å². The van der Waals surface area contributed by atoms with Gasteiger partial charge in [0.2, 0.25) is 0 Å². The second-order valence-corrected chi connectivity index (χ2v) is 5.40. The third-order valence-corrected chi connectivity index (χ3v) is 3.87. The highest BCUT2D eigenvalue weighted by Gasteiger charge is 2.12. The molecule has 2 aromatic carbocycles. The summed E-state index contributed by atoms with van der Waals surface area (Å²) in [4.78, 5) is 12.4. The lowest BCUT2D eigenvalue weighted by molar-refractivity contribution is 0.102. The zero-order valence-electron chi connectivity index (χ0n) is 9.95. The predicted molar refractivity (Wildman–Crippen MR) is 71.8 cm³/mol. The molecule has 0 aliphatic carbocycles. The van der Waals surface area contributed by atoms with Crippen molar-refractivity contribution in [2.45, 2.75) is 4.90 Å². The van der Waals surface area contributed by atoms with Crippen LogP contribution in [0.1, 0.15) is 10.4 Å². The number of aromatic hydroxyl groups is 2. The third-order valence-electron chi connectivity index (χ3n) is 2.55. The Kier molecular flexibility index (Phi) is 3.97. The standard InChI is InChI=1S/C14H12O4S/c15-11-3-1-10(2-4-11)14(17)9-19(18)13-7-5-12(16)6-8-13/h1-8,15-16H,9H2. The van der Waals surface area contributed by atoms with Gasteiger partial charge in [-0.05, 0) is 48.5 Å². The van der Waals surface area contributed by atoms with Crippen LogP contribution in [-0.2, 0) is 10.8 Å². The van der Waals surface area contributed by atoms with Gasteiger partial charge in [0, 0.05) is 10.5 Å². The molecule has 0 bridgehead atoms. The van der Waals surface area contributed by atoms with E-state index in [2.05, 4.69) is 0 Å². The number of hydrogen-bond donors (Lipinski definition) is 2. The summed E-state index contributed by atoms with van der Waals surface area (Å²) >= 11 is 0. The first kappa shape index (κ1) is 13.3. The molecule has 0 aliphatic heterocycles. The SMILES string of the molecule is O=C(CS(=O)c1ccc(O)cc1)c1ccc(O)cc1. The van der Waals surface area contributed by atoms with Crippen molar-refractivity contribution in [2.24, 2.45) is 0 Å². The second-order valence-electron chi connectivity index (χ2n) is 3.95. The summed E-state index contributed by atoms with van der Waals surface area (Å²) < 4.78 is 12.0. The summed E-state index contributed by atoms with van der Waals surface area (Å²) in [7, 11) is -1.45. The minimum atomic E-state index is -1.45. The van der Waals surface area contributed by atoms with Gasteiger partial charge in [0.05, 0.1) is 16.6 Å². The number of carbonyl (C=O) groups excluding carboxylic acids is 1. The van der Waals surface area contributed by atoms with E-state index < -0.39 is 10.8 Å². The number of phenols is 2. The van der Waals surface area contributed by atoms with E-state index in [1.54, 1.807) is 0 Å². The van der Waals surface area contributed by atoms with E-state index in [4.69, 9.17) is 10.2 Å². The summed E-state index contributed by atoms with van der Waals surface area (Å²) in [5.41, 5.74) is 0.407. The Bertz CT molecular complexity index is 547. The molecular formula is C14H12O4S. The summed E-state index contributed by atoms with van der Waals surface area (Å²) in [5, 5.41) is 18.3. The average molecular weight is 276 g/mol. The summed E-state index contributed by atoms with van der Waals surface area (Å²) in [6, 6.07) is 11.7. The molecule has 2 aromatic rings. The highest BCUT2D eigenvalue weighted by atomic mass is 32.2. The maximum absolute atomic E-state index is 12.0. The predicted octanol–water partition coefficient (Wildman–Crippen LogP) is 2.09. The maximum Gasteiger partial charge on any atom is 0.175 e. The van der Waals surface area contributed by atoms with Crippen LogP contribution in [0.25, 0.3) is 0 Å². The van der Waals surface area contributed by atoms with Crippen LogP contribution in [-0.4, -0.2) is 26.0 Å². The van der Waals surface area contributed by atoms with Crippen LogP contribution in [0.2, 0.25) is 0 Å². The molecule has 2 N–H and O–H groups in total. The number of Topliss-reactive ketones (excluding diaryl/α,β-unsaturated/α-hetero) is 1. The monoisotopic (exact) mass is 276 g/mol. The van der Waals surface area contributed by atoms with Gasteiger partial charge in [-0.15, -0.1) is 0 Å². The Morgan fingerprint density at radius 1 is 0.895 bits per heavy atom. The molecule has 0 aliphatic rings. The molecule has 19 heavy (non-hydrogen) atoms. The van der Waals surface area contributed by atoms with Gasteiger partial charge in [-0.1, -0.05) is 0 Å². The number of ketones is 1. The molecular weight excluding hydrogens is 264 g/mol. The quantitative estimate of drug-likeness (QED) is 0.838. The van der Waals surface area contributed by atoms with Crippen molar-refractivity contribution in [3.63, 3.8) is 0 Å². The van der Waals surface area contributed by atoms with Crippen LogP contribution < -0.4 is 0 Å². The third kappa shape index (κ3) is 3.42. The van der Waals surface area contributed by atoms with Gasteiger partial charge in [-0.2, -0.15) is 0 Å². The van der Waals surface area contributed by atoms with E-state index in [1.165, 1.54) is 48.5 Å². The Labute approximate surface area is 112 Å². The van der Waals surface area contributed by atoms with Crippen molar-refractivity contribution < 1.29 is 19.2 Å². The topological polar surface area (TPSA) is 74.6 Å². The molecule has 0 radical (unpaired) electrons. The molecule has 0 amide bonds. The number of rotatable bonds is 4. The zero-order chi connectivity index (χ0) is 13.8. The molecule has 2 rings (SSSR count). The molecule has 0 spiro atoms. The van der Waals surface area contributed by atoms with Crippen LogP contribution in [0.3, 0.4) is 0 Å². The van der Waals surface area contributed by atoms with Crippen molar-refractivity contribution in [1.82, 2.24) is 0 Å². The molecule has 0 heterocycles. The van der Waals surface area contributed by atoms with Crippen LogP contribution in [0, 0.1) is 0 Å². The van der Waals surface area contributed by atoms with Gasteiger partial charge >= 0.3 is 0 Å². The first-order chi connectivity index (χ1) is 9.06. The fraction of sp³-hybridized carbons (Fsp3) is 0.0714. The van der Waals surface area contributed by atoms with Gasteiger partial charge < -0.3 is 10.2 Å². The summed E-state index contributed by atoms with van der Waals surface area (Å²) in [6.45, 7) is 0. The van der Waals surface area contributed by atoms with Crippen LogP contribution in [0.15, 0.2) is 53.4 Å². The van der Waals surface area contributed by atoms with Crippen LogP contribution >= 0.6 is 0 Å². The van der Waals surface area contributed by atoms with Gasteiger partial charge in [0.15, 0.2) is 5.78 Å². The number of phenolic OH excluding ortho intramolecular Hbond substituents is 2. The minimum absolute atomic E-state index is 0.0798. The first-order valence-corrected chi connectivity index (χ1v) is 6.88. The van der Waals surface area contributed by atoms with Crippen LogP contribution in [0.4, 0.5) is 0 Å². The fourth-order valence-corrected chi connectivity index (χ4v) is 2.54. The molecule has 1 unspecified atom stereocenters. The average Bonchev–Trinajstić information content (AvgIpc) is 2.40. The van der Waals surface area contributed by atoms with Gasteiger partial charge in [-0.3, -0.25) is 9.00 Å². The van der Waals surface area contributed by atoms with Gasteiger partial charge in [0.25, 0.3) is 0 Å². The lowest BCUT2D eigenvalue weighted by Gasteiger charge is -2.03. The van der Waals surface area contributed by atoms with E-state index >= 15 is 0 Å². The van der Waals surface area contributed by atoms with E-state index in [0.29, 0.717) is 10.5 Å². The van der Waals surface area contributed by atoms with Crippen molar-refractivity contribution in [3.8, 4) is 11.5 Å². The lowest BCUT2D eigenvalue weighted by atomic mass is 10.1.